The molecule has 0 saturated carbocycles. The predicted molar refractivity (Wildman–Crippen MR) is 108 cm³/mol. The molecular formula is C22H23N3O4. The van der Waals surface area contributed by atoms with E-state index >= 15 is 0 Å². The fraction of sp³-hybridized carbons (Fsp3) is 0.318. The van der Waals surface area contributed by atoms with Crippen LogP contribution < -0.4 is 14.8 Å². The van der Waals surface area contributed by atoms with Gasteiger partial charge in [-0.2, -0.15) is 5.10 Å². The van der Waals surface area contributed by atoms with Crippen LogP contribution in [0, 0.1) is 0 Å². The minimum Gasteiger partial charge on any atom is -0.454 e. The summed E-state index contributed by atoms with van der Waals surface area (Å²) in [5.74, 6) is 1.08. The Bertz CT molecular complexity index is 942. The van der Waals surface area contributed by atoms with Crippen molar-refractivity contribution in [2.24, 2.45) is 5.10 Å². The Hall–Kier alpha value is -3.35. The van der Waals surface area contributed by atoms with E-state index in [9.17, 15) is 9.59 Å². The molecule has 0 bridgehead atoms. The number of nitrogens with zero attached hydrogens (tertiary/aromatic N) is 2. The Morgan fingerprint density at radius 1 is 1.10 bits per heavy atom. The average molecular weight is 393 g/mol. The van der Waals surface area contributed by atoms with E-state index in [4.69, 9.17) is 9.47 Å². The molecule has 0 radical (unpaired) electrons. The zero-order chi connectivity index (χ0) is 20.2. The lowest BCUT2D eigenvalue weighted by Gasteiger charge is -2.15. The molecule has 4 rings (SSSR count). The highest BCUT2D eigenvalue weighted by molar-refractivity contribution is 6.02. The largest absolute Gasteiger partial charge is 0.454 e. The molecule has 2 amide bonds. The summed E-state index contributed by atoms with van der Waals surface area (Å²) in [6.07, 6.45) is 0.981. The third kappa shape index (κ3) is 4.39. The van der Waals surface area contributed by atoms with Crippen molar-refractivity contribution in [3.05, 3.63) is 59.7 Å². The van der Waals surface area contributed by atoms with Crippen LogP contribution in [0.3, 0.4) is 0 Å². The number of carbonyl (C=O) groups excluding carboxylic acids is 2. The fourth-order valence-corrected chi connectivity index (χ4v) is 3.40. The Labute approximate surface area is 169 Å². The number of rotatable bonds is 6. The monoisotopic (exact) mass is 393 g/mol. The summed E-state index contributed by atoms with van der Waals surface area (Å²) in [5, 5.41) is 8.82. The summed E-state index contributed by atoms with van der Waals surface area (Å²) >= 11 is 0. The second-order valence-corrected chi connectivity index (χ2v) is 7.08. The molecular weight excluding hydrogens is 370 g/mol. The number of amides is 2. The van der Waals surface area contributed by atoms with Gasteiger partial charge >= 0.3 is 0 Å². The number of ether oxygens (including phenoxy) is 2. The van der Waals surface area contributed by atoms with Crippen molar-refractivity contribution in [2.45, 2.75) is 32.2 Å². The number of benzene rings is 2. The maximum Gasteiger partial charge on any atom is 0.243 e. The minimum absolute atomic E-state index is 0.125. The van der Waals surface area contributed by atoms with Crippen molar-refractivity contribution in [2.75, 3.05) is 13.3 Å². The highest BCUT2D eigenvalue weighted by Crippen LogP contribution is 2.34. The Kier molecular flexibility index (Phi) is 5.46. The maximum absolute atomic E-state index is 12.4. The van der Waals surface area contributed by atoms with Gasteiger partial charge in [-0.3, -0.25) is 9.59 Å². The van der Waals surface area contributed by atoms with Gasteiger partial charge in [-0.25, -0.2) is 5.01 Å². The lowest BCUT2D eigenvalue weighted by atomic mass is 10.1. The first-order valence-electron chi connectivity index (χ1n) is 9.72. The molecule has 1 unspecified atom stereocenters. The number of hydrazone groups is 1. The number of carbonyl (C=O) groups is 2. The Balaban J connectivity index is 1.27. The molecule has 2 aliphatic rings. The SMILES string of the molecule is CC(NC(=O)CCC(=O)N1CCC(c2ccccc2)=N1)c1ccc2c(c1)OCO2. The maximum atomic E-state index is 12.4. The van der Waals surface area contributed by atoms with Gasteiger partial charge in [0, 0.05) is 19.3 Å². The van der Waals surface area contributed by atoms with Crippen molar-refractivity contribution >= 4 is 17.5 Å². The van der Waals surface area contributed by atoms with Crippen LogP contribution in [0.1, 0.15) is 43.4 Å². The van der Waals surface area contributed by atoms with Crippen molar-refractivity contribution in [1.29, 1.82) is 0 Å². The zero-order valence-electron chi connectivity index (χ0n) is 16.3. The van der Waals surface area contributed by atoms with E-state index in [1.807, 2.05) is 55.5 Å². The first-order chi connectivity index (χ1) is 14.1. The summed E-state index contributed by atoms with van der Waals surface area (Å²) < 4.78 is 10.7. The van der Waals surface area contributed by atoms with Crippen LogP contribution in [0.25, 0.3) is 0 Å². The Morgan fingerprint density at radius 3 is 2.72 bits per heavy atom. The number of fused-ring (bicyclic) bond motifs is 1. The average Bonchev–Trinajstić information content (AvgIpc) is 3.41. The highest BCUT2D eigenvalue weighted by Gasteiger charge is 2.22. The molecule has 7 nitrogen and oxygen atoms in total. The molecule has 0 aromatic heterocycles. The molecule has 150 valence electrons. The molecule has 0 spiro atoms. The van der Waals surface area contributed by atoms with Crippen LogP contribution in [0.5, 0.6) is 11.5 Å². The molecule has 2 aromatic rings. The third-order valence-electron chi connectivity index (χ3n) is 5.04. The van der Waals surface area contributed by atoms with Gasteiger partial charge in [-0.05, 0) is 30.2 Å². The van der Waals surface area contributed by atoms with Crippen LogP contribution in [0.15, 0.2) is 53.6 Å². The zero-order valence-corrected chi connectivity index (χ0v) is 16.3. The van der Waals surface area contributed by atoms with Crippen LogP contribution in [-0.2, 0) is 9.59 Å². The van der Waals surface area contributed by atoms with E-state index in [0.29, 0.717) is 18.0 Å². The van der Waals surface area contributed by atoms with E-state index in [0.717, 1.165) is 23.3 Å². The van der Waals surface area contributed by atoms with Gasteiger partial charge in [0.25, 0.3) is 0 Å². The van der Waals surface area contributed by atoms with Crippen molar-refractivity contribution in [3.63, 3.8) is 0 Å². The minimum atomic E-state index is -0.193. The Morgan fingerprint density at radius 2 is 1.90 bits per heavy atom. The lowest BCUT2D eigenvalue weighted by molar-refractivity contribution is -0.133. The molecule has 2 heterocycles. The molecule has 1 N–H and O–H groups in total. The molecule has 2 aliphatic heterocycles. The van der Waals surface area contributed by atoms with Crippen molar-refractivity contribution in [1.82, 2.24) is 10.3 Å². The second-order valence-electron chi connectivity index (χ2n) is 7.08. The second kappa shape index (κ2) is 8.34. The quantitative estimate of drug-likeness (QED) is 0.818. The molecule has 7 heteroatoms. The van der Waals surface area contributed by atoms with Crippen molar-refractivity contribution in [3.8, 4) is 11.5 Å². The van der Waals surface area contributed by atoms with E-state index in [2.05, 4.69) is 10.4 Å². The summed E-state index contributed by atoms with van der Waals surface area (Å²) in [6.45, 7) is 2.67. The van der Waals surface area contributed by atoms with Gasteiger partial charge in [0.1, 0.15) is 0 Å². The van der Waals surface area contributed by atoms with Crippen LogP contribution in [0.4, 0.5) is 0 Å². The first-order valence-corrected chi connectivity index (χ1v) is 9.72. The molecule has 0 saturated heterocycles. The third-order valence-corrected chi connectivity index (χ3v) is 5.04. The lowest BCUT2D eigenvalue weighted by Crippen LogP contribution is -2.29. The molecule has 29 heavy (non-hydrogen) atoms. The summed E-state index contributed by atoms with van der Waals surface area (Å²) in [5.41, 5.74) is 2.85. The van der Waals surface area contributed by atoms with E-state index in [1.54, 1.807) is 0 Å². The molecule has 0 fully saturated rings. The number of hydrogen-bond acceptors (Lipinski definition) is 5. The predicted octanol–water partition coefficient (Wildman–Crippen LogP) is 3.01. The number of hydrogen-bond donors (Lipinski definition) is 1. The summed E-state index contributed by atoms with van der Waals surface area (Å²) in [6, 6.07) is 15.2. The van der Waals surface area contributed by atoms with E-state index < -0.39 is 0 Å². The van der Waals surface area contributed by atoms with Gasteiger partial charge in [-0.15, -0.1) is 0 Å². The smallest absolute Gasteiger partial charge is 0.243 e. The number of nitrogens with one attached hydrogen (secondary N) is 1. The van der Waals surface area contributed by atoms with Crippen molar-refractivity contribution < 1.29 is 19.1 Å². The summed E-state index contributed by atoms with van der Waals surface area (Å²) in [7, 11) is 0. The molecule has 0 aliphatic carbocycles. The topological polar surface area (TPSA) is 80.2 Å². The van der Waals surface area contributed by atoms with Crippen LogP contribution in [0.2, 0.25) is 0 Å². The normalized spacial score (nSPS) is 15.8. The summed E-state index contributed by atoms with van der Waals surface area (Å²) in [4.78, 5) is 24.7. The van der Waals surface area contributed by atoms with Crippen LogP contribution in [-0.4, -0.2) is 35.9 Å². The van der Waals surface area contributed by atoms with Gasteiger partial charge in [-0.1, -0.05) is 36.4 Å². The van der Waals surface area contributed by atoms with Gasteiger partial charge in [0.05, 0.1) is 18.3 Å². The van der Waals surface area contributed by atoms with Gasteiger partial charge in [0.2, 0.25) is 18.6 Å². The van der Waals surface area contributed by atoms with E-state index in [1.165, 1.54) is 5.01 Å². The van der Waals surface area contributed by atoms with Gasteiger partial charge in [0.15, 0.2) is 11.5 Å². The van der Waals surface area contributed by atoms with Gasteiger partial charge < -0.3 is 14.8 Å². The van der Waals surface area contributed by atoms with Crippen LogP contribution >= 0.6 is 0 Å². The molecule has 1 atom stereocenters. The fourth-order valence-electron chi connectivity index (χ4n) is 3.40. The highest BCUT2D eigenvalue weighted by atomic mass is 16.7. The van der Waals surface area contributed by atoms with E-state index in [-0.39, 0.29) is 37.5 Å². The molecule has 2 aromatic carbocycles. The standard InChI is InChI=1S/C22H23N3O4/c1-15(17-7-8-19-20(13-17)29-14-28-19)23-21(26)9-10-22(27)25-12-11-18(24-25)16-5-3-2-4-6-16/h2-8,13,15H,9-12,14H2,1H3,(H,23,26). The first kappa shape index (κ1) is 19.0.